The highest BCUT2D eigenvalue weighted by Gasteiger charge is 2.28. The third-order valence-corrected chi connectivity index (χ3v) is 2.31. The summed E-state index contributed by atoms with van der Waals surface area (Å²) in [6.45, 7) is 3.97. The van der Waals surface area contributed by atoms with Crippen LogP contribution in [0, 0.1) is 5.41 Å². The number of benzene rings is 1. The lowest BCUT2D eigenvalue weighted by Gasteiger charge is -2.12. The highest BCUT2D eigenvalue weighted by atomic mass is 16.2. The third-order valence-electron chi connectivity index (χ3n) is 2.31. The number of amidine groups is 1. The Bertz CT molecular complexity index is 423. The van der Waals surface area contributed by atoms with Gasteiger partial charge >= 0.3 is 0 Å². The minimum absolute atomic E-state index is 0.106. The second-order valence-electron chi connectivity index (χ2n) is 3.14. The van der Waals surface area contributed by atoms with Crippen LogP contribution in [-0.2, 0) is 6.54 Å². The van der Waals surface area contributed by atoms with Gasteiger partial charge in [0, 0.05) is 5.56 Å². The van der Waals surface area contributed by atoms with E-state index in [1.54, 1.807) is 6.07 Å². The van der Waals surface area contributed by atoms with Gasteiger partial charge in [0.25, 0.3) is 5.91 Å². The van der Waals surface area contributed by atoms with Crippen molar-refractivity contribution in [2.24, 2.45) is 0 Å². The minimum Gasteiger partial charge on any atom is -0.289 e. The lowest BCUT2D eigenvalue weighted by Crippen LogP contribution is -2.28. The van der Waals surface area contributed by atoms with E-state index in [9.17, 15) is 4.79 Å². The second-order valence-corrected chi connectivity index (χ2v) is 3.14. The van der Waals surface area contributed by atoms with Crippen LogP contribution in [0.5, 0.6) is 0 Å². The summed E-state index contributed by atoms with van der Waals surface area (Å²) in [5, 5.41) is 7.53. The lowest BCUT2D eigenvalue weighted by molar-refractivity contribution is 0.0866. The summed E-state index contributed by atoms with van der Waals surface area (Å²) in [5.74, 6) is 0.0525. The Labute approximate surface area is 82.2 Å². The van der Waals surface area contributed by atoms with Crippen LogP contribution in [0.4, 0.5) is 0 Å². The molecule has 0 saturated carbocycles. The van der Waals surface area contributed by atoms with E-state index in [4.69, 9.17) is 5.41 Å². The van der Waals surface area contributed by atoms with Gasteiger partial charge in [0.2, 0.25) is 0 Å². The molecule has 0 aromatic heterocycles. The predicted octanol–water partition coefficient (Wildman–Crippen LogP) is 1.81. The molecule has 0 fully saturated rings. The van der Waals surface area contributed by atoms with Crippen molar-refractivity contribution < 1.29 is 4.79 Å². The topological polar surface area (TPSA) is 44.2 Å². The molecule has 1 aliphatic heterocycles. The molecule has 0 aliphatic carbocycles. The van der Waals surface area contributed by atoms with Crippen LogP contribution < -0.4 is 0 Å². The first kappa shape index (κ1) is 8.69. The van der Waals surface area contributed by atoms with Crippen LogP contribution in [0.15, 0.2) is 36.9 Å². The Morgan fingerprint density at radius 2 is 2.21 bits per heavy atom. The van der Waals surface area contributed by atoms with Gasteiger partial charge in [-0.25, -0.2) is 0 Å². The molecule has 0 unspecified atom stereocenters. The maximum Gasteiger partial charge on any atom is 0.260 e. The van der Waals surface area contributed by atoms with Crippen LogP contribution in [0.1, 0.15) is 15.9 Å². The standard InChI is InChI=1S/C11H10N2O/c1-2-10(12)13-7-8-5-3-4-6-9(8)11(13)14/h2-6,12H,1,7H2. The van der Waals surface area contributed by atoms with Crippen molar-refractivity contribution in [3.63, 3.8) is 0 Å². The van der Waals surface area contributed by atoms with Gasteiger partial charge in [0.1, 0.15) is 5.84 Å². The first-order valence-corrected chi connectivity index (χ1v) is 4.35. The summed E-state index contributed by atoms with van der Waals surface area (Å²) in [5.41, 5.74) is 1.67. The number of carbonyl (C=O) groups is 1. The highest BCUT2D eigenvalue weighted by molar-refractivity contribution is 6.11. The normalized spacial score (nSPS) is 14.0. The predicted molar refractivity (Wildman–Crippen MR) is 54.2 cm³/mol. The van der Waals surface area contributed by atoms with Crippen molar-refractivity contribution in [3.8, 4) is 0 Å². The summed E-state index contributed by atoms with van der Waals surface area (Å²) in [6, 6.07) is 7.42. The smallest absolute Gasteiger partial charge is 0.260 e. The molecule has 1 aromatic rings. The summed E-state index contributed by atoms with van der Waals surface area (Å²) < 4.78 is 0. The molecule has 3 heteroatoms. The highest BCUT2D eigenvalue weighted by Crippen LogP contribution is 2.22. The van der Waals surface area contributed by atoms with Crippen LogP contribution in [-0.4, -0.2) is 16.6 Å². The minimum atomic E-state index is -0.106. The summed E-state index contributed by atoms with van der Waals surface area (Å²) in [4.78, 5) is 13.1. The zero-order valence-electron chi connectivity index (χ0n) is 7.66. The number of hydrogen-bond donors (Lipinski definition) is 1. The summed E-state index contributed by atoms with van der Waals surface area (Å²) in [6.07, 6.45) is 1.38. The molecule has 1 aliphatic rings. The Morgan fingerprint density at radius 1 is 1.50 bits per heavy atom. The van der Waals surface area contributed by atoms with Gasteiger partial charge in [-0.15, -0.1) is 0 Å². The Morgan fingerprint density at radius 3 is 2.86 bits per heavy atom. The lowest BCUT2D eigenvalue weighted by atomic mass is 10.1. The van der Waals surface area contributed by atoms with Gasteiger partial charge in [0.05, 0.1) is 6.54 Å². The average molecular weight is 186 g/mol. The maximum absolute atomic E-state index is 11.7. The van der Waals surface area contributed by atoms with Crippen molar-refractivity contribution >= 4 is 11.7 Å². The number of rotatable bonds is 1. The number of carbonyl (C=O) groups excluding carboxylic acids is 1. The molecule has 0 bridgehead atoms. The van der Waals surface area contributed by atoms with Crippen LogP contribution in [0.25, 0.3) is 0 Å². The molecule has 14 heavy (non-hydrogen) atoms. The Hall–Kier alpha value is -1.90. The van der Waals surface area contributed by atoms with Gasteiger partial charge in [0.15, 0.2) is 0 Å². The Balaban J connectivity index is 2.39. The zero-order chi connectivity index (χ0) is 10.1. The van der Waals surface area contributed by atoms with Crippen molar-refractivity contribution in [1.29, 1.82) is 5.41 Å². The fraction of sp³-hybridized carbons (Fsp3) is 0.0909. The van der Waals surface area contributed by atoms with Crippen molar-refractivity contribution in [3.05, 3.63) is 48.0 Å². The fourth-order valence-electron chi connectivity index (χ4n) is 1.56. The van der Waals surface area contributed by atoms with Gasteiger partial charge in [-0.1, -0.05) is 24.8 Å². The summed E-state index contributed by atoms with van der Waals surface area (Å²) in [7, 11) is 0. The van der Waals surface area contributed by atoms with E-state index >= 15 is 0 Å². The number of nitrogens with one attached hydrogen (secondary N) is 1. The molecule has 0 saturated heterocycles. The molecular weight excluding hydrogens is 176 g/mol. The molecule has 1 N–H and O–H groups in total. The molecule has 0 atom stereocenters. The maximum atomic E-state index is 11.7. The van der Waals surface area contributed by atoms with Crippen molar-refractivity contribution in [1.82, 2.24) is 4.90 Å². The van der Waals surface area contributed by atoms with E-state index in [1.165, 1.54) is 11.0 Å². The molecule has 1 aromatic carbocycles. The largest absolute Gasteiger partial charge is 0.289 e. The molecule has 2 rings (SSSR count). The molecule has 0 spiro atoms. The third kappa shape index (κ3) is 1.14. The van der Waals surface area contributed by atoms with Gasteiger partial charge in [-0.05, 0) is 17.7 Å². The van der Waals surface area contributed by atoms with Crippen LogP contribution in [0.3, 0.4) is 0 Å². The molecule has 1 heterocycles. The van der Waals surface area contributed by atoms with E-state index in [2.05, 4.69) is 6.58 Å². The van der Waals surface area contributed by atoms with Gasteiger partial charge in [-0.2, -0.15) is 0 Å². The zero-order valence-corrected chi connectivity index (χ0v) is 7.66. The molecule has 3 nitrogen and oxygen atoms in total. The van der Waals surface area contributed by atoms with Crippen molar-refractivity contribution in [2.45, 2.75) is 6.54 Å². The number of nitrogens with zero attached hydrogens (tertiary/aromatic N) is 1. The van der Waals surface area contributed by atoms with E-state index in [1.807, 2.05) is 18.2 Å². The average Bonchev–Trinajstić information content (AvgIpc) is 2.56. The van der Waals surface area contributed by atoms with E-state index in [-0.39, 0.29) is 11.7 Å². The molecule has 1 amide bonds. The van der Waals surface area contributed by atoms with E-state index < -0.39 is 0 Å². The number of fused-ring (bicyclic) bond motifs is 1. The monoisotopic (exact) mass is 186 g/mol. The fourth-order valence-corrected chi connectivity index (χ4v) is 1.56. The molecule has 70 valence electrons. The number of amides is 1. The second kappa shape index (κ2) is 3.10. The first-order chi connectivity index (χ1) is 6.74. The van der Waals surface area contributed by atoms with Crippen LogP contribution in [0.2, 0.25) is 0 Å². The Kier molecular flexibility index (Phi) is 1.93. The number of hydrogen-bond acceptors (Lipinski definition) is 2. The van der Waals surface area contributed by atoms with Gasteiger partial charge < -0.3 is 0 Å². The van der Waals surface area contributed by atoms with Crippen molar-refractivity contribution in [2.75, 3.05) is 0 Å². The SMILES string of the molecule is C=CC(=N)N1Cc2ccccc2C1=O. The van der Waals surface area contributed by atoms with Crippen LogP contribution >= 0.6 is 0 Å². The van der Waals surface area contributed by atoms with Gasteiger partial charge in [-0.3, -0.25) is 15.1 Å². The van der Waals surface area contributed by atoms with E-state index in [0.717, 1.165) is 5.56 Å². The molecular formula is C11H10N2O. The quantitative estimate of drug-likeness (QED) is 0.527. The first-order valence-electron chi connectivity index (χ1n) is 4.35. The molecule has 0 radical (unpaired) electrons. The van der Waals surface area contributed by atoms with E-state index in [0.29, 0.717) is 12.1 Å². The summed E-state index contributed by atoms with van der Waals surface area (Å²) >= 11 is 0.